The van der Waals surface area contributed by atoms with Gasteiger partial charge in [0.25, 0.3) is 0 Å². The number of carbonyl (C=O) groups excluding carboxylic acids is 1. The molecule has 0 aromatic rings. The fraction of sp³-hybridized carbons (Fsp3) is 0.800. The molecule has 0 spiro atoms. The number of aliphatic hydroxyl groups excluding tert-OH is 1. The molecule has 1 unspecified atom stereocenters. The van der Waals surface area contributed by atoms with Crippen molar-refractivity contribution < 1.29 is 9.90 Å². The van der Waals surface area contributed by atoms with Crippen molar-refractivity contribution in [3.05, 3.63) is 6.08 Å². The average Bonchev–Trinajstić information content (AvgIpc) is 2.05. The fourth-order valence-electron chi connectivity index (χ4n) is 1.12. The van der Waals surface area contributed by atoms with E-state index in [1.165, 1.54) is 25.3 Å². The van der Waals surface area contributed by atoms with Crippen molar-refractivity contribution in [1.82, 2.24) is 0 Å². The zero-order valence-electron chi connectivity index (χ0n) is 7.75. The third-order valence-corrected chi connectivity index (χ3v) is 1.86. The Hall–Kier alpha value is -0.590. The van der Waals surface area contributed by atoms with Crippen molar-refractivity contribution in [2.24, 2.45) is 0 Å². The van der Waals surface area contributed by atoms with Crippen LogP contribution in [0.25, 0.3) is 0 Å². The highest BCUT2D eigenvalue weighted by molar-refractivity contribution is 5.45. The maximum atomic E-state index is 9.81. The summed E-state index contributed by atoms with van der Waals surface area (Å²) >= 11 is 0. The van der Waals surface area contributed by atoms with Gasteiger partial charge in [-0.1, -0.05) is 39.0 Å². The second-order valence-corrected chi connectivity index (χ2v) is 3.05. The predicted molar refractivity (Wildman–Crippen MR) is 49.6 cm³/mol. The predicted octanol–water partition coefficient (Wildman–Crippen LogP) is 2.10. The molecular weight excluding hydrogens is 152 g/mol. The molecule has 0 rings (SSSR count). The van der Waals surface area contributed by atoms with Crippen molar-refractivity contribution in [2.45, 2.75) is 51.6 Å². The standard InChI is InChI=1S/C10H18O2/c1-2-3-4-5-6-7-10(12)8-9-11/h8,10,12H,2-7H2,1H3. The van der Waals surface area contributed by atoms with E-state index in [9.17, 15) is 4.79 Å². The summed E-state index contributed by atoms with van der Waals surface area (Å²) in [5.41, 5.74) is 0. The molecule has 0 aromatic carbocycles. The van der Waals surface area contributed by atoms with E-state index >= 15 is 0 Å². The summed E-state index contributed by atoms with van der Waals surface area (Å²) in [6, 6.07) is 0. The molecule has 1 N–H and O–H groups in total. The molecule has 2 nitrogen and oxygen atoms in total. The molecule has 0 heterocycles. The molecule has 70 valence electrons. The number of unbranched alkanes of at least 4 members (excludes halogenated alkanes) is 4. The Bertz CT molecular complexity index is 137. The van der Waals surface area contributed by atoms with Crippen molar-refractivity contribution in [3.8, 4) is 0 Å². The number of hydrogen-bond acceptors (Lipinski definition) is 2. The number of aliphatic hydroxyl groups is 1. The maximum Gasteiger partial charge on any atom is 0.122 e. The Kier molecular flexibility index (Phi) is 8.09. The molecular formula is C10H18O2. The summed E-state index contributed by atoms with van der Waals surface area (Å²) in [5, 5.41) is 9.09. The van der Waals surface area contributed by atoms with Crippen molar-refractivity contribution in [3.63, 3.8) is 0 Å². The Morgan fingerprint density at radius 1 is 1.33 bits per heavy atom. The van der Waals surface area contributed by atoms with Gasteiger partial charge in [0.05, 0.1) is 6.10 Å². The third kappa shape index (κ3) is 7.52. The van der Waals surface area contributed by atoms with Crippen LogP contribution >= 0.6 is 0 Å². The van der Waals surface area contributed by atoms with Crippen LogP contribution in [0.1, 0.15) is 45.4 Å². The summed E-state index contributed by atoms with van der Waals surface area (Å²) in [4.78, 5) is 9.81. The van der Waals surface area contributed by atoms with Crippen LogP contribution in [0, 0.1) is 0 Å². The van der Waals surface area contributed by atoms with E-state index in [4.69, 9.17) is 5.11 Å². The van der Waals surface area contributed by atoms with Crippen LogP contribution in [-0.2, 0) is 4.79 Å². The lowest BCUT2D eigenvalue weighted by Crippen LogP contribution is -2.01. The van der Waals surface area contributed by atoms with Crippen LogP contribution in [0.5, 0.6) is 0 Å². The Morgan fingerprint density at radius 3 is 2.58 bits per heavy atom. The van der Waals surface area contributed by atoms with E-state index in [0.717, 1.165) is 12.8 Å². The molecule has 0 aliphatic carbocycles. The van der Waals surface area contributed by atoms with Gasteiger partial charge in [0.2, 0.25) is 0 Å². The molecule has 0 aliphatic heterocycles. The zero-order valence-corrected chi connectivity index (χ0v) is 7.75. The minimum Gasteiger partial charge on any atom is -0.388 e. The van der Waals surface area contributed by atoms with E-state index in [-0.39, 0.29) is 0 Å². The van der Waals surface area contributed by atoms with Gasteiger partial charge in [0.1, 0.15) is 5.94 Å². The Labute approximate surface area is 74.3 Å². The van der Waals surface area contributed by atoms with E-state index in [1.54, 1.807) is 5.94 Å². The van der Waals surface area contributed by atoms with Gasteiger partial charge in [0.15, 0.2) is 0 Å². The van der Waals surface area contributed by atoms with E-state index in [2.05, 4.69) is 6.92 Å². The molecule has 0 saturated heterocycles. The van der Waals surface area contributed by atoms with Gasteiger partial charge >= 0.3 is 0 Å². The monoisotopic (exact) mass is 170 g/mol. The molecule has 0 fully saturated rings. The van der Waals surface area contributed by atoms with Crippen LogP contribution in [0.4, 0.5) is 0 Å². The molecule has 0 bridgehead atoms. The molecule has 1 atom stereocenters. The van der Waals surface area contributed by atoms with Crippen molar-refractivity contribution in [2.75, 3.05) is 0 Å². The first-order valence-corrected chi connectivity index (χ1v) is 4.70. The third-order valence-electron chi connectivity index (χ3n) is 1.86. The molecule has 0 aliphatic rings. The van der Waals surface area contributed by atoms with Crippen LogP contribution in [0.2, 0.25) is 0 Å². The quantitative estimate of drug-likeness (QED) is 0.469. The summed E-state index contributed by atoms with van der Waals surface area (Å²) < 4.78 is 0. The molecule has 0 radical (unpaired) electrons. The second-order valence-electron chi connectivity index (χ2n) is 3.05. The molecule has 0 saturated carbocycles. The summed E-state index contributed by atoms with van der Waals surface area (Å²) in [5.74, 6) is 1.59. The highest BCUT2D eigenvalue weighted by Crippen LogP contribution is 2.07. The summed E-state index contributed by atoms with van der Waals surface area (Å²) in [6.45, 7) is 2.17. The van der Waals surface area contributed by atoms with Gasteiger partial charge in [-0.2, -0.15) is 0 Å². The van der Waals surface area contributed by atoms with Gasteiger partial charge in [-0.25, -0.2) is 4.79 Å². The van der Waals surface area contributed by atoms with Gasteiger partial charge in [0, 0.05) is 6.08 Å². The molecule has 0 amide bonds. The lowest BCUT2D eigenvalue weighted by Gasteiger charge is -2.02. The largest absolute Gasteiger partial charge is 0.388 e. The highest BCUT2D eigenvalue weighted by Gasteiger charge is 1.98. The minimum atomic E-state index is -0.580. The fourth-order valence-corrected chi connectivity index (χ4v) is 1.12. The maximum absolute atomic E-state index is 9.81. The molecule has 12 heavy (non-hydrogen) atoms. The van der Waals surface area contributed by atoms with Crippen molar-refractivity contribution >= 4 is 5.94 Å². The second kappa shape index (κ2) is 8.51. The van der Waals surface area contributed by atoms with Gasteiger partial charge in [-0.05, 0) is 6.42 Å². The van der Waals surface area contributed by atoms with Crippen LogP contribution in [-0.4, -0.2) is 17.2 Å². The van der Waals surface area contributed by atoms with Crippen LogP contribution in [0.3, 0.4) is 0 Å². The molecule has 0 aromatic heterocycles. The van der Waals surface area contributed by atoms with E-state index in [1.807, 2.05) is 0 Å². The average molecular weight is 170 g/mol. The minimum absolute atomic E-state index is 0.580. The van der Waals surface area contributed by atoms with Crippen LogP contribution in [0.15, 0.2) is 6.08 Å². The Morgan fingerprint density at radius 2 is 2.00 bits per heavy atom. The molecule has 2 heteroatoms. The first kappa shape index (κ1) is 11.4. The number of rotatable bonds is 7. The lowest BCUT2D eigenvalue weighted by molar-refractivity contribution is 0.209. The van der Waals surface area contributed by atoms with Gasteiger partial charge in [-0.15, -0.1) is 0 Å². The lowest BCUT2D eigenvalue weighted by atomic mass is 10.1. The smallest absolute Gasteiger partial charge is 0.122 e. The SMILES string of the molecule is CCCCCCCC(O)C=C=O. The highest BCUT2D eigenvalue weighted by atomic mass is 16.3. The normalized spacial score (nSPS) is 12.2. The Balaban J connectivity index is 3.13. The first-order chi connectivity index (χ1) is 5.81. The number of hydrogen-bond donors (Lipinski definition) is 1. The van der Waals surface area contributed by atoms with E-state index < -0.39 is 6.10 Å². The van der Waals surface area contributed by atoms with Gasteiger partial charge in [-0.3, -0.25) is 0 Å². The van der Waals surface area contributed by atoms with Crippen molar-refractivity contribution in [1.29, 1.82) is 0 Å². The van der Waals surface area contributed by atoms with Crippen LogP contribution < -0.4 is 0 Å². The van der Waals surface area contributed by atoms with Gasteiger partial charge < -0.3 is 5.11 Å². The van der Waals surface area contributed by atoms with E-state index in [0.29, 0.717) is 6.42 Å². The zero-order chi connectivity index (χ0) is 9.23. The first-order valence-electron chi connectivity index (χ1n) is 4.70. The topological polar surface area (TPSA) is 37.3 Å². The summed E-state index contributed by atoms with van der Waals surface area (Å²) in [7, 11) is 0. The summed E-state index contributed by atoms with van der Waals surface area (Å²) in [6.07, 6.45) is 7.17.